The lowest BCUT2D eigenvalue weighted by atomic mass is 10.0. The highest BCUT2D eigenvalue weighted by molar-refractivity contribution is 5.97. The highest BCUT2D eigenvalue weighted by Gasteiger charge is 2.22. The Labute approximate surface area is 119 Å². The number of hydrogen-bond donors (Lipinski definition) is 2. The molecule has 1 aromatic carbocycles. The van der Waals surface area contributed by atoms with E-state index in [0.29, 0.717) is 5.56 Å². The van der Waals surface area contributed by atoms with Crippen LogP contribution in [0.1, 0.15) is 58.9 Å². The van der Waals surface area contributed by atoms with Gasteiger partial charge in [0.15, 0.2) is 0 Å². The van der Waals surface area contributed by atoms with E-state index in [1.165, 1.54) is 18.9 Å². The fraction of sp³-hybridized carbons (Fsp3) is 0.500. The van der Waals surface area contributed by atoms with E-state index in [2.05, 4.69) is 5.32 Å². The largest absolute Gasteiger partial charge is 0.478 e. The summed E-state index contributed by atoms with van der Waals surface area (Å²) >= 11 is 0. The Morgan fingerprint density at radius 3 is 2.55 bits per heavy atom. The Kier molecular flexibility index (Phi) is 4.42. The number of carboxylic acid groups (broad SMARTS) is 1. The first-order valence-corrected chi connectivity index (χ1v) is 7.11. The third-order valence-corrected chi connectivity index (χ3v) is 3.67. The number of hydrogen-bond acceptors (Lipinski definition) is 2. The summed E-state index contributed by atoms with van der Waals surface area (Å²) in [6.07, 6.45) is 4.78. The first kappa shape index (κ1) is 14.6. The average Bonchev–Trinajstić information content (AvgIpc) is 3.19. The minimum atomic E-state index is -1.01. The lowest BCUT2D eigenvalue weighted by molar-refractivity contribution is 0.0696. The SMILES string of the molecule is Cc1cc(C(=O)O)cc(C(=O)NC(C)CCC2CC2)c1. The van der Waals surface area contributed by atoms with Crippen LogP contribution in [-0.2, 0) is 0 Å². The number of carbonyl (C=O) groups is 2. The topological polar surface area (TPSA) is 66.4 Å². The van der Waals surface area contributed by atoms with Gasteiger partial charge >= 0.3 is 5.97 Å². The molecule has 108 valence electrons. The normalized spacial score (nSPS) is 15.7. The Bertz CT molecular complexity index is 520. The molecule has 0 bridgehead atoms. The van der Waals surface area contributed by atoms with Gasteiger partial charge in [-0.15, -0.1) is 0 Å². The average molecular weight is 275 g/mol. The van der Waals surface area contributed by atoms with Gasteiger partial charge in [-0.3, -0.25) is 4.79 Å². The number of carboxylic acids is 1. The summed E-state index contributed by atoms with van der Waals surface area (Å²) < 4.78 is 0. The second-order valence-corrected chi connectivity index (χ2v) is 5.79. The van der Waals surface area contributed by atoms with Crippen LogP contribution in [0.5, 0.6) is 0 Å². The fourth-order valence-electron chi connectivity index (χ4n) is 2.31. The smallest absolute Gasteiger partial charge is 0.335 e. The van der Waals surface area contributed by atoms with Gasteiger partial charge in [-0.05, 0) is 56.4 Å². The second-order valence-electron chi connectivity index (χ2n) is 5.79. The molecule has 1 amide bonds. The minimum absolute atomic E-state index is 0.122. The monoisotopic (exact) mass is 275 g/mol. The van der Waals surface area contributed by atoms with Gasteiger partial charge in [0.05, 0.1) is 5.56 Å². The quantitative estimate of drug-likeness (QED) is 0.838. The summed E-state index contributed by atoms with van der Waals surface area (Å²) in [4.78, 5) is 23.1. The van der Waals surface area contributed by atoms with Crippen molar-refractivity contribution in [1.29, 1.82) is 0 Å². The molecule has 0 radical (unpaired) electrons. The van der Waals surface area contributed by atoms with Crippen LogP contribution in [-0.4, -0.2) is 23.0 Å². The zero-order valence-corrected chi connectivity index (χ0v) is 12.0. The van der Waals surface area contributed by atoms with Crippen molar-refractivity contribution in [3.63, 3.8) is 0 Å². The molecule has 0 saturated heterocycles. The van der Waals surface area contributed by atoms with Gasteiger partial charge in [-0.1, -0.05) is 12.8 Å². The summed E-state index contributed by atoms with van der Waals surface area (Å²) in [7, 11) is 0. The Balaban J connectivity index is 1.98. The lowest BCUT2D eigenvalue weighted by Gasteiger charge is -2.14. The minimum Gasteiger partial charge on any atom is -0.478 e. The van der Waals surface area contributed by atoms with Crippen molar-refractivity contribution in [2.75, 3.05) is 0 Å². The standard InChI is InChI=1S/C16H21NO3/c1-10-7-13(9-14(8-10)16(19)20)15(18)17-11(2)3-4-12-5-6-12/h7-9,11-12H,3-6H2,1-2H3,(H,17,18)(H,19,20). The third kappa shape index (κ3) is 4.08. The molecule has 20 heavy (non-hydrogen) atoms. The van der Waals surface area contributed by atoms with Gasteiger partial charge in [-0.25, -0.2) is 4.79 Å². The van der Waals surface area contributed by atoms with Crippen molar-refractivity contribution < 1.29 is 14.7 Å². The van der Waals surface area contributed by atoms with E-state index in [1.807, 2.05) is 6.92 Å². The van der Waals surface area contributed by atoms with Crippen molar-refractivity contribution in [2.24, 2.45) is 5.92 Å². The fourth-order valence-corrected chi connectivity index (χ4v) is 2.31. The zero-order valence-electron chi connectivity index (χ0n) is 12.0. The van der Waals surface area contributed by atoms with Crippen LogP contribution in [0.4, 0.5) is 0 Å². The van der Waals surface area contributed by atoms with Gasteiger partial charge in [0.2, 0.25) is 0 Å². The molecule has 0 aliphatic heterocycles. The highest BCUT2D eigenvalue weighted by Crippen LogP contribution is 2.33. The van der Waals surface area contributed by atoms with E-state index >= 15 is 0 Å². The van der Waals surface area contributed by atoms with Crippen LogP contribution >= 0.6 is 0 Å². The van der Waals surface area contributed by atoms with Crippen molar-refractivity contribution in [2.45, 2.75) is 45.6 Å². The zero-order chi connectivity index (χ0) is 14.7. The number of nitrogens with one attached hydrogen (secondary N) is 1. The predicted octanol–water partition coefficient (Wildman–Crippen LogP) is 3.00. The van der Waals surface area contributed by atoms with E-state index < -0.39 is 5.97 Å². The second kappa shape index (κ2) is 6.07. The molecule has 0 heterocycles. The first-order chi connectivity index (χ1) is 9.45. The highest BCUT2D eigenvalue weighted by atomic mass is 16.4. The maximum absolute atomic E-state index is 12.1. The van der Waals surface area contributed by atoms with E-state index in [9.17, 15) is 9.59 Å². The summed E-state index contributed by atoms with van der Waals surface area (Å²) in [6.45, 7) is 3.79. The van der Waals surface area contributed by atoms with E-state index in [0.717, 1.165) is 24.3 Å². The number of benzene rings is 1. The molecule has 2 N–H and O–H groups in total. The summed E-state index contributed by atoms with van der Waals surface area (Å²) in [6, 6.07) is 4.83. The van der Waals surface area contributed by atoms with Crippen LogP contribution in [0.2, 0.25) is 0 Å². The number of aromatic carboxylic acids is 1. The van der Waals surface area contributed by atoms with Gasteiger partial charge in [0.1, 0.15) is 0 Å². The maximum Gasteiger partial charge on any atom is 0.335 e. The Morgan fingerprint density at radius 2 is 1.95 bits per heavy atom. The van der Waals surface area contributed by atoms with E-state index in [-0.39, 0.29) is 17.5 Å². The summed E-state index contributed by atoms with van der Waals surface area (Å²) in [5.41, 5.74) is 1.35. The summed E-state index contributed by atoms with van der Waals surface area (Å²) in [5, 5.41) is 12.0. The molecule has 1 aliphatic rings. The molecular formula is C16H21NO3. The van der Waals surface area contributed by atoms with Gasteiger partial charge in [0.25, 0.3) is 5.91 Å². The van der Waals surface area contributed by atoms with Crippen molar-refractivity contribution >= 4 is 11.9 Å². The molecule has 1 unspecified atom stereocenters. The molecule has 4 heteroatoms. The van der Waals surface area contributed by atoms with E-state index in [4.69, 9.17) is 5.11 Å². The molecule has 0 aromatic heterocycles. The van der Waals surface area contributed by atoms with Gasteiger partial charge < -0.3 is 10.4 Å². The Hall–Kier alpha value is -1.84. The molecule has 1 fully saturated rings. The predicted molar refractivity (Wildman–Crippen MR) is 77.0 cm³/mol. The maximum atomic E-state index is 12.1. The first-order valence-electron chi connectivity index (χ1n) is 7.11. The van der Waals surface area contributed by atoms with Gasteiger partial charge in [-0.2, -0.15) is 0 Å². The van der Waals surface area contributed by atoms with Crippen LogP contribution in [0.15, 0.2) is 18.2 Å². The molecule has 1 atom stereocenters. The molecule has 4 nitrogen and oxygen atoms in total. The van der Waals surface area contributed by atoms with Crippen LogP contribution in [0.25, 0.3) is 0 Å². The van der Waals surface area contributed by atoms with Crippen LogP contribution in [0, 0.1) is 12.8 Å². The molecule has 1 saturated carbocycles. The number of rotatable bonds is 6. The Morgan fingerprint density at radius 1 is 1.30 bits per heavy atom. The number of aryl methyl sites for hydroxylation is 1. The molecule has 1 aliphatic carbocycles. The van der Waals surface area contributed by atoms with Crippen LogP contribution in [0.3, 0.4) is 0 Å². The van der Waals surface area contributed by atoms with Crippen molar-refractivity contribution in [1.82, 2.24) is 5.32 Å². The summed E-state index contributed by atoms with van der Waals surface area (Å²) in [5.74, 6) is -0.351. The van der Waals surface area contributed by atoms with Crippen molar-refractivity contribution in [3.8, 4) is 0 Å². The number of carbonyl (C=O) groups excluding carboxylic acids is 1. The molecule has 1 aromatic rings. The molecular weight excluding hydrogens is 254 g/mol. The van der Waals surface area contributed by atoms with Crippen LogP contribution < -0.4 is 5.32 Å². The number of amides is 1. The van der Waals surface area contributed by atoms with Crippen molar-refractivity contribution in [3.05, 3.63) is 34.9 Å². The van der Waals surface area contributed by atoms with Gasteiger partial charge in [0, 0.05) is 11.6 Å². The molecule has 2 rings (SSSR count). The lowest BCUT2D eigenvalue weighted by Crippen LogP contribution is -2.32. The molecule has 0 spiro atoms. The van der Waals surface area contributed by atoms with E-state index in [1.54, 1.807) is 19.1 Å². The third-order valence-electron chi connectivity index (χ3n) is 3.67.